The SMILES string of the molecule is C[C@H](NC(=O)NCCN1CCOCC1)c1ccc(Cl)s1. The standard InChI is InChI=1S/C13H20ClN3O2S/c1-10(11-2-3-12(14)20-11)16-13(18)15-4-5-17-6-8-19-9-7-17/h2-3,10H,4-9H2,1H3,(H2,15,16,18)/t10-/m0/s1. The van der Waals surface area contributed by atoms with Crippen LogP contribution in [0, 0.1) is 0 Å². The lowest BCUT2D eigenvalue weighted by molar-refractivity contribution is 0.0387. The first kappa shape index (κ1) is 15.6. The van der Waals surface area contributed by atoms with E-state index in [0.29, 0.717) is 6.54 Å². The Kier molecular flexibility index (Phi) is 6.09. The molecule has 20 heavy (non-hydrogen) atoms. The number of morpholine rings is 1. The lowest BCUT2D eigenvalue weighted by Crippen LogP contribution is -2.44. The second-order valence-corrected chi connectivity index (χ2v) is 6.46. The topological polar surface area (TPSA) is 53.6 Å². The van der Waals surface area contributed by atoms with Gasteiger partial charge in [-0.15, -0.1) is 11.3 Å². The van der Waals surface area contributed by atoms with Gasteiger partial charge in [0.25, 0.3) is 0 Å². The number of amides is 2. The molecule has 1 aliphatic rings. The number of rotatable bonds is 5. The summed E-state index contributed by atoms with van der Waals surface area (Å²) in [4.78, 5) is 15.1. The molecule has 5 nitrogen and oxygen atoms in total. The first-order valence-corrected chi connectivity index (χ1v) is 7.94. The van der Waals surface area contributed by atoms with Gasteiger partial charge in [-0.2, -0.15) is 0 Å². The summed E-state index contributed by atoms with van der Waals surface area (Å²) < 4.78 is 6.02. The summed E-state index contributed by atoms with van der Waals surface area (Å²) in [6.45, 7) is 6.88. The average molecular weight is 318 g/mol. The van der Waals surface area contributed by atoms with Crippen LogP contribution in [0.1, 0.15) is 17.8 Å². The van der Waals surface area contributed by atoms with Crippen LogP contribution in [0.25, 0.3) is 0 Å². The number of thiophene rings is 1. The Balaban J connectivity index is 1.64. The Hall–Kier alpha value is -0.820. The van der Waals surface area contributed by atoms with E-state index in [1.54, 1.807) is 0 Å². The van der Waals surface area contributed by atoms with Gasteiger partial charge in [-0.3, -0.25) is 4.90 Å². The summed E-state index contributed by atoms with van der Waals surface area (Å²) in [6.07, 6.45) is 0. The number of urea groups is 1. The minimum atomic E-state index is -0.143. The summed E-state index contributed by atoms with van der Waals surface area (Å²) in [6, 6.07) is 3.60. The molecule has 1 aromatic rings. The molecule has 1 aliphatic heterocycles. The molecule has 0 spiro atoms. The smallest absolute Gasteiger partial charge is 0.315 e. The molecule has 2 heterocycles. The van der Waals surface area contributed by atoms with Crippen molar-refractivity contribution in [3.63, 3.8) is 0 Å². The lowest BCUT2D eigenvalue weighted by Gasteiger charge is -2.26. The third-order valence-electron chi connectivity index (χ3n) is 3.19. The second-order valence-electron chi connectivity index (χ2n) is 4.72. The molecular formula is C13H20ClN3O2S. The molecule has 1 fully saturated rings. The van der Waals surface area contributed by atoms with Gasteiger partial charge in [-0.1, -0.05) is 11.6 Å². The maximum absolute atomic E-state index is 11.8. The summed E-state index contributed by atoms with van der Waals surface area (Å²) in [7, 11) is 0. The Morgan fingerprint density at radius 1 is 1.50 bits per heavy atom. The van der Waals surface area contributed by atoms with Crippen molar-refractivity contribution in [2.45, 2.75) is 13.0 Å². The Bertz CT molecular complexity index is 435. The third-order valence-corrected chi connectivity index (χ3v) is 4.60. The van der Waals surface area contributed by atoms with Crippen LogP contribution in [0.2, 0.25) is 4.34 Å². The van der Waals surface area contributed by atoms with Gasteiger partial charge >= 0.3 is 6.03 Å². The van der Waals surface area contributed by atoms with Crippen molar-refractivity contribution < 1.29 is 9.53 Å². The molecule has 0 radical (unpaired) electrons. The van der Waals surface area contributed by atoms with E-state index in [1.165, 1.54) is 11.3 Å². The molecule has 2 N–H and O–H groups in total. The van der Waals surface area contributed by atoms with Gasteiger partial charge in [0.2, 0.25) is 0 Å². The minimum absolute atomic E-state index is 0.0316. The van der Waals surface area contributed by atoms with Crippen LogP contribution in [0.5, 0.6) is 0 Å². The van der Waals surface area contributed by atoms with E-state index in [1.807, 2.05) is 19.1 Å². The predicted molar refractivity (Wildman–Crippen MR) is 81.5 cm³/mol. The van der Waals surface area contributed by atoms with E-state index in [-0.39, 0.29) is 12.1 Å². The molecule has 2 rings (SSSR count). The molecule has 7 heteroatoms. The zero-order valence-corrected chi connectivity index (χ0v) is 13.1. The van der Waals surface area contributed by atoms with Crippen molar-refractivity contribution in [2.24, 2.45) is 0 Å². The number of ether oxygens (including phenoxy) is 1. The first-order valence-electron chi connectivity index (χ1n) is 6.75. The number of carbonyl (C=O) groups excluding carboxylic acids is 1. The van der Waals surface area contributed by atoms with Crippen molar-refractivity contribution in [2.75, 3.05) is 39.4 Å². The molecule has 0 aliphatic carbocycles. The Morgan fingerprint density at radius 3 is 2.90 bits per heavy atom. The van der Waals surface area contributed by atoms with Gasteiger partial charge in [-0.05, 0) is 19.1 Å². The van der Waals surface area contributed by atoms with E-state index in [2.05, 4.69) is 15.5 Å². The molecule has 0 unspecified atom stereocenters. The van der Waals surface area contributed by atoms with Crippen LogP contribution < -0.4 is 10.6 Å². The molecular weight excluding hydrogens is 298 g/mol. The first-order chi connectivity index (χ1) is 9.65. The quantitative estimate of drug-likeness (QED) is 0.874. The molecule has 0 saturated carbocycles. The third kappa shape index (κ3) is 4.94. The number of carbonyl (C=O) groups is 1. The van der Waals surface area contributed by atoms with Crippen LogP contribution >= 0.6 is 22.9 Å². The van der Waals surface area contributed by atoms with E-state index in [9.17, 15) is 4.79 Å². The molecule has 1 atom stereocenters. The fourth-order valence-corrected chi connectivity index (χ4v) is 3.10. The van der Waals surface area contributed by atoms with E-state index in [0.717, 1.165) is 42.1 Å². The lowest BCUT2D eigenvalue weighted by atomic mass is 10.3. The normalized spacial score (nSPS) is 17.7. The van der Waals surface area contributed by atoms with Gasteiger partial charge < -0.3 is 15.4 Å². The minimum Gasteiger partial charge on any atom is -0.379 e. The van der Waals surface area contributed by atoms with Crippen LogP contribution in [-0.4, -0.2) is 50.3 Å². The summed E-state index contributed by atoms with van der Waals surface area (Å²) in [5, 5.41) is 5.78. The van der Waals surface area contributed by atoms with E-state index in [4.69, 9.17) is 16.3 Å². The van der Waals surface area contributed by atoms with Crippen LogP contribution in [0.4, 0.5) is 4.79 Å². The second kappa shape index (κ2) is 7.83. The van der Waals surface area contributed by atoms with Gasteiger partial charge in [-0.25, -0.2) is 4.79 Å². The highest BCUT2D eigenvalue weighted by atomic mass is 35.5. The van der Waals surface area contributed by atoms with Crippen molar-refractivity contribution >= 4 is 29.0 Å². The molecule has 0 bridgehead atoms. The maximum atomic E-state index is 11.8. The molecule has 112 valence electrons. The monoisotopic (exact) mass is 317 g/mol. The van der Waals surface area contributed by atoms with Gasteiger partial charge in [0.1, 0.15) is 0 Å². The number of hydrogen-bond acceptors (Lipinski definition) is 4. The van der Waals surface area contributed by atoms with Crippen molar-refractivity contribution in [1.29, 1.82) is 0 Å². The fraction of sp³-hybridized carbons (Fsp3) is 0.615. The summed E-state index contributed by atoms with van der Waals surface area (Å²) in [5.41, 5.74) is 0. The highest BCUT2D eigenvalue weighted by Crippen LogP contribution is 2.26. The molecule has 1 aromatic heterocycles. The zero-order valence-electron chi connectivity index (χ0n) is 11.5. The zero-order chi connectivity index (χ0) is 14.4. The van der Waals surface area contributed by atoms with Gasteiger partial charge in [0, 0.05) is 31.1 Å². The van der Waals surface area contributed by atoms with Crippen LogP contribution in [0.15, 0.2) is 12.1 Å². The number of nitrogens with one attached hydrogen (secondary N) is 2. The molecule has 1 saturated heterocycles. The van der Waals surface area contributed by atoms with Crippen molar-refractivity contribution in [3.05, 3.63) is 21.3 Å². The molecule has 0 aromatic carbocycles. The largest absolute Gasteiger partial charge is 0.379 e. The van der Waals surface area contributed by atoms with E-state index < -0.39 is 0 Å². The average Bonchev–Trinajstić information content (AvgIpc) is 2.87. The number of halogens is 1. The van der Waals surface area contributed by atoms with Crippen molar-refractivity contribution in [3.8, 4) is 0 Å². The Morgan fingerprint density at radius 2 is 2.25 bits per heavy atom. The number of hydrogen-bond donors (Lipinski definition) is 2. The van der Waals surface area contributed by atoms with E-state index >= 15 is 0 Å². The highest BCUT2D eigenvalue weighted by molar-refractivity contribution is 7.16. The Labute approximate surface area is 128 Å². The maximum Gasteiger partial charge on any atom is 0.315 e. The highest BCUT2D eigenvalue weighted by Gasteiger charge is 2.13. The number of nitrogens with zero attached hydrogens (tertiary/aromatic N) is 1. The van der Waals surface area contributed by atoms with Crippen LogP contribution in [-0.2, 0) is 4.74 Å². The van der Waals surface area contributed by atoms with Gasteiger partial charge in [0.05, 0.1) is 23.6 Å². The predicted octanol–water partition coefficient (Wildman–Crippen LogP) is 2.09. The summed E-state index contributed by atoms with van der Waals surface area (Å²) in [5.74, 6) is 0. The fourth-order valence-electron chi connectivity index (χ4n) is 2.03. The van der Waals surface area contributed by atoms with Gasteiger partial charge in [0.15, 0.2) is 0 Å². The van der Waals surface area contributed by atoms with Crippen molar-refractivity contribution in [1.82, 2.24) is 15.5 Å². The van der Waals surface area contributed by atoms with Crippen LogP contribution in [0.3, 0.4) is 0 Å². The summed E-state index contributed by atoms with van der Waals surface area (Å²) >= 11 is 7.37. The molecule has 2 amide bonds.